The van der Waals surface area contributed by atoms with E-state index in [0.29, 0.717) is 19.7 Å². The number of methoxy groups -OCH3 is 1. The van der Waals surface area contributed by atoms with Gasteiger partial charge in [0.2, 0.25) is 11.8 Å². The average molecular weight is 427 g/mol. The largest absolute Gasteiger partial charge is 0.385 e. The van der Waals surface area contributed by atoms with Crippen LogP contribution in [0.3, 0.4) is 0 Å². The van der Waals surface area contributed by atoms with E-state index < -0.39 is 0 Å². The van der Waals surface area contributed by atoms with E-state index in [1.165, 1.54) is 16.0 Å². The highest BCUT2D eigenvalue weighted by molar-refractivity contribution is 7.10. The average Bonchev–Trinajstić information content (AvgIpc) is 3.49. The molecule has 2 amide bonds. The van der Waals surface area contributed by atoms with Crippen molar-refractivity contribution in [1.29, 1.82) is 0 Å². The van der Waals surface area contributed by atoms with Gasteiger partial charge in [0.25, 0.3) is 0 Å². The fraction of sp³-hybridized carbons (Fsp3) is 0.500. The molecule has 1 aliphatic heterocycles. The third-order valence-corrected chi connectivity index (χ3v) is 7.02. The van der Waals surface area contributed by atoms with Gasteiger partial charge in [0.15, 0.2) is 0 Å². The van der Waals surface area contributed by atoms with Gasteiger partial charge < -0.3 is 14.5 Å². The number of rotatable bonds is 8. The zero-order valence-electron chi connectivity index (χ0n) is 17.8. The number of amides is 2. The predicted octanol–water partition coefficient (Wildman–Crippen LogP) is 3.81. The lowest BCUT2D eigenvalue weighted by Gasteiger charge is -2.37. The predicted molar refractivity (Wildman–Crippen MR) is 119 cm³/mol. The van der Waals surface area contributed by atoms with E-state index in [9.17, 15) is 9.59 Å². The molecule has 1 unspecified atom stereocenters. The Balaban J connectivity index is 1.55. The van der Waals surface area contributed by atoms with Gasteiger partial charge in [0, 0.05) is 37.6 Å². The van der Waals surface area contributed by atoms with Crippen LogP contribution in [0.1, 0.15) is 46.9 Å². The topological polar surface area (TPSA) is 49.9 Å². The Hall–Kier alpha value is -2.18. The number of fused-ring (bicyclic) bond motifs is 1. The van der Waals surface area contributed by atoms with Gasteiger partial charge in [-0.3, -0.25) is 9.59 Å². The van der Waals surface area contributed by atoms with Crippen molar-refractivity contribution in [2.45, 2.75) is 38.6 Å². The summed E-state index contributed by atoms with van der Waals surface area (Å²) in [4.78, 5) is 31.3. The molecule has 0 bridgehead atoms. The summed E-state index contributed by atoms with van der Waals surface area (Å²) in [5.41, 5.74) is 3.56. The molecule has 0 spiro atoms. The summed E-state index contributed by atoms with van der Waals surface area (Å²) in [7, 11) is 1.66. The van der Waals surface area contributed by atoms with E-state index in [-0.39, 0.29) is 30.3 Å². The van der Waals surface area contributed by atoms with E-state index in [0.717, 1.165) is 31.2 Å². The van der Waals surface area contributed by atoms with E-state index in [4.69, 9.17) is 4.74 Å². The number of aryl methyl sites for hydroxylation is 1. The molecule has 2 heterocycles. The smallest absolute Gasteiger partial charge is 0.242 e. The minimum absolute atomic E-state index is 0.0313. The Morgan fingerprint density at radius 3 is 2.67 bits per heavy atom. The van der Waals surface area contributed by atoms with Crippen LogP contribution < -0.4 is 0 Å². The SMILES string of the molecule is COCCCN(CC(=O)N1CCc2sccc2C1c1ccc(C)cc1)C(=O)C1CC1. The number of carbonyl (C=O) groups is 2. The van der Waals surface area contributed by atoms with Crippen molar-refractivity contribution in [3.05, 3.63) is 57.3 Å². The summed E-state index contributed by atoms with van der Waals surface area (Å²) >= 11 is 1.77. The van der Waals surface area contributed by atoms with Crippen molar-refractivity contribution in [2.75, 3.05) is 33.4 Å². The first kappa shape index (κ1) is 21.1. The zero-order valence-corrected chi connectivity index (χ0v) is 18.6. The third-order valence-electron chi connectivity index (χ3n) is 6.02. The van der Waals surface area contributed by atoms with Gasteiger partial charge in [-0.05, 0) is 55.2 Å². The Morgan fingerprint density at radius 1 is 1.20 bits per heavy atom. The number of thiophene rings is 1. The molecule has 2 aromatic rings. The number of nitrogens with zero attached hydrogens (tertiary/aromatic N) is 2. The monoisotopic (exact) mass is 426 g/mol. The molecule has 1 aromatic carbocycles. The summed E-state index contributed by atoms with van der Waals surface area (Å²) in [6.07, 6.45) is 3.52. The minimum Gasteiger partial charge on any atom is -0.385 e. The van der Waals surface area contributed by atoms with E-state index in [1.807, 2.05) is 4.90 Å². The van der Waals surface area contributed by atoms with Gasteiger partial charge in [-0.25, -0.2) is 0 Å². The van der Waals surface area contributed by atoms with Gasteiger partial charge in [-0.15, -0.1) is 11.3 Å². The van der Waals surface area contributed by atoms with Crippen LogP contribution in [0.15, 0.2) is 35.7 Å². The van der Waals surface area contributed by atoms with Crippen LogP contribution in [0.25, 0.3) is 0 Å². The quantitative estimate of drug-likeness (QED) is 0.603. The third kappa shape index (κ3) is 4.60. The first-order valence-corrected chi connectivity index (χ1v) is 11.7. The molecule has 0 saturated heterocycles. The van der Waals surface area contributed by atoms with Crippen molar-refractivity contribution < 1.29 is 14.3 Å². The highest BCUT2D eigenvalue weighted by atomic mass is 32.1. The molecule has 1 atom stereocenters. The number of carbonyl (C=O) groups excluding carboxylic acids is 2. The second-order valence-corrected chi connectivity index (χ2v) is 9.33. The molecule has 1 saturated carbocycles. The van der Waals surface area contributed by atoms with Crippen LogP contribution in [0.5, 0.6) is 0 Å². The van der Waals surface area contributed by atoms with Gasteiger partial charge >= 0.3 is 0 Å². The van der Waals surface area contributed by atoms with E-state index in [1.54, 1.807) is 23.3 Å². The van der Waals surface area contributed by atoms with Crippen LogP contribution >= 0.6 is 11.3 Å². The molecule has 30 heavy (non-hydrogen) atoms. The lowest BCUT2D eigenvalue weighted by atomic mass is 9.92. The molecule has 2 aliphatic rings. The molecule has 0 N–H and O–H groups in total. The number of hydrogen-bond acceptors (Lipinski definition) is 4. The second-order valence-electron chi connectivity index (χ2n) is 8.33. The molecular formula is C24H30N2O3S. The maximum atomic E-state index is 13.5. The lowest BCUT2D eigenvalue weighted by molar-refractivity contribution is -0.142. The van der Waals surface area contributed by atoms with Crippen molar-refractivity contribution in [3.8, 4) is 0 Å². The summed E-state index contributed by atoms with van der Waals surface area (Å²) in [6.45, 7) is 4.08. The second kappa shape index (κ2) is 9.31. The molecular weight excluding hydrogens is 396 g/mol. The lowest BCUT2D eigenvalue weighted by Crippen LogP contribution is -2.47. The zero-order chi connectivity index (χ0) is 21.1. The molecule has 4 rings (SSSR count). The molecule has 1 fully saturated rings. The first-order valence-electron chi connectivity index (χ1n) is 10.8. The maximum absolute atomic E-state index is 13.5. The van der Waals surface area contributed by atoms with Crippen LogP contribution in [0, 0.1) is 12.8 Å². The Labute approximate surface area is 182 Å². The van der Waals surface area contributed by atoms with Crippen molar-refractivity contribution in [1.82, 2.24) is 9.80 Å². The fourth-order valence-corrected chi connectivity index (χ4v) is 5.11. The first-order chi connectivity index (χ1) is 14.6. The summed E-state index contributed by atoms with van der Waals surface area (Å²) in [5.74, 6) is 0.265. The normalized spacial score (nSPS) is 18.2. The molecule has 1 aromatic heterocycles. The summed E-state index contributed by atoms with van der Waals surface area (Å²) in [5, 5.41) is 2.12. The Morgan fingerprint density at radius 2 is 1.97 bits per heavy atom. The number of benzene rings is 1. The van der Waals surface area contributed by atoms with Crippen molar-refractivity contribution in [2.24, 2.45) is 5.92 Å². The molecule has 160 valence electrons. The van der Waals surface area contributed by atoms with Crippen LogP contribution in [-0.4, -0.2) is 55.0 Å². The van der Waals surface area contributed by atoms with Gasteiger partial charge in [0.05, 0.1) is 12.6 Å². The van der Waals surface area contributed by atoms with Gasteiger partial charge in [0.1, 0.15) is 0 Å². The van der Waals surface area contributed by atoms with Crippen molar-refractivity contribution in [3.63, 3.8) is 0 Å². The summed E-state index contributed by atoms with van der Waals surface area (Å²) < 4.78 is 5.15. The van der Waals surface area contributed by atoms with Crippen LogP contribution in [-0.2, 0) is 20.7 Å². The maximum Gasteiger partial charge on any atom is 0.242 e. The Bertz CT molecular complexity index is 888. The number of ether oxygens (including phenoxy) is 1. The van der Waals surface area contributed by atoms with Gasteiger partial charge in [-0.1, -0.05) is 29.8 Å². The highest BCUT2D eigenvalue weighted by Crippen LogP contribution is 2.38. The fourth-order valence-electron chi connectivity index (χ4n) is 4.20. The van der Waals surface area contributed by atoms with E-state index in [2.05, 4.69) is 42.6 Å². The number of hydrogen-bond donors (Lipinski definition) is 0. The molecule has 0 radical (unpaired) electrons. The van der Waals surface area contributed by atoms with Crippen LogP contribution in [0.2, 0.25) is 0 Å². The van der Waals surface area contributed by atoms with Crippen molar-refractivity contribution >= 4 is 23.2 Å². The van der Waals surface area contributed by atoms with E-state index >= 15 is 0 Å². The Kier molecular flexibility index (Phi) is 6.54. The molecule has 6 heteroatoms. The minimum atomic E-state index is -0.0787. The summed E-state index contributed by atoms with van der Waals surface area (Å²) in [6, 6.07) is 10.5. The standard InChI is InChI=1S/C24H30N2O3S/c1-17-4-6-18(7-5-17)23-20-11-15-30-21(20)10-13-26(23)22(27)16-25(12-3-14-29-2)24(28)19-8-9-19/h4-7,11,15,19,23H,3,8-10,12-14,16H2,1-2H3. The van der Waals surface area contributed by atoms with Gasteiger partial charge in [-0.2, -0.15) is 0 Å². The van der Waals surface area contributed by atoms with Crippen LogP contribution in [0.4, 0.5) is 0 Å². The molecule has 1 aliphatic carbocycles. The highest BCUT2D eigenvalue weighted by Gasteiger charge is 2.37. The molecule has 5 nitrogen and oxygen atoms in total.